The Morgan fingerprint density at radius 2 is 2.22 bits per heavy atom. The molecule has 6 heteroatoms. The highest BCUT2D eigenvalue weighted by atomic mass is 16.4. The first-order chi connectivity index (χ1) is 8.50. The minimum Gasteiger partial charge on any atom is -0.479 e. The largest absolute Gasteiger partial charge is 0.479 e. The van der Waals surface area contributed by atoms with Gasteiger partial charge < -0.3 is 20.2 Å². The van der Waals surface area contributed by atoms with Gasteiger partial charge in [0.2, 0.25) is 0 Å². The molecule has 0 bridgehead atoms. The average molecular weight is 254 g/mol. The molecule has 1 atom stereocenters. The molecule has 0 saturated heterocycles. The number of urea groups is 1. The van der Waals surface area contributed by atoms with Crippen LogP contribution in [-0.2, 0) is 10.3 Å². The van der Waals surface area contributed by atoms with Gasteiger partial charge in [-0.25, -0.2) is 9.59 Å². The SMILES string of the molecule is CCCCNC(=O)NC(C)(C(=O)O)c1ccco1. The number of rotatable bonds is 6. The van der Waals surface area contributed by atoms with Crippen molar-refractivity contribution in [2.24, 2.45) is 0 Å². The zero-order chi connectivity index (χ0) is 13.6. The van der Waals surface area contributed by atoms with Crippen LogP contribution in [0.2, 0.25) is 0 Å². The van der Waals surface area contributed by atoms with Crippen LogP contribution in [0.3, 0.4) is 0 Å². The van der Waals surface area contributed by atoms with E-state index in [0.29, 0.717) is 6.54 Å². The van der Waals surface area contributed by atoms with Crippen LogP contribution in [0.5, 0.6) is 0 Å². The Kier molecular flexibility index (Phi) is 4.76. The first kappa shape index (κ1) is 14.1. The molecule has 0 aliphatic carbocycles. The number of nitrogens with one attached hydrogen (secondary N) is 2. The van der Waals surface area contributed by atoms with Crippen LogP contribution in [0.25, 0.3) is 0 Å². The fraction of sp³-hybridized carbons (Fsp3) is 0.500. The number of hydrogen-bond acceptors (Lipinski definition) is 3. The number of carbonyl (C=O) groups is 2. The normalized spacial score (nSPS) is 13.7. The van der Waals surface area contributed by atoms with E-state index in [1.807, 2.05) is 6.92 Å². The maximum atomic E-state index is 11.6. The van der Waals surface area contributed by atoms with Crippen molar-refractivity contribution < 1.29 is 19.1 Å². The highest BCUT2D eigenvalue weighted by Crippen LogP contribution is 2.21. The molecule has 1 aromatic rings. The Morgan fingerprint density at radius 3 is 2.72 bits per heavy atom. The van der Waals surface area contributed by atoms with E-state index in [4.69, 9.17) is 4.42 Å². The number of aliphatic carboxylic acids is 1. The molecule has 18 heavy (non-hydrogen) atoms. The third kappa shape index (κ3) is 3.26. The van der Waals surface area contributed by atoms with Crippen molar-refractivity contribution in [2.75, 3.05) is 6.54 Å². The molecule has 3 N–H and O–H groups in total. The van der Waals surface area contributed by atoms with Crippen molar-refractivity contribution in [1.82, 2.24) is 10.6 Å². The summed E-state index contributed by atoms with van der Waals surface area (Å²) in [5, 5.41) is 14.2. The van der Waals surface area contributed by atoms with Crippen molar-refractivity contribution in [2.45, 2.75) is 32.2 Å². The predicted molar refractivity (Wildman–Crippen MR) is 65.1 cm³/mol. The minimum atomic E-state index is -1.57. The lowest BCUT2D eigenvalue weighted by Gasteiger charge is -2.24. The predicted octanol–water partition coefficient (Wildman–Crippen LogP) is 1.68. The van der Waals surface area contributed by atoms with Crippen LogP contribution in [0.1, 0.15) is 32.4 Å². The number of unbranched alkanes of at least 4 members (excludes halogenated alkanes) is 1. The second-order valence-electron chi connectivity index (χ2n) is 4.14. The van der Waals surface area contributed by atoms with Gasteiger partial charge in [-0.3, -0.25) is 0 Å². The summed E-state index contributed by atoms with van der Waals surface area (Å²) in [6, 6.07) is 2.57. The van der Waals surface area contributed by atoms with Gasteiger partial charge in [0.1, 0.15) is 5.76 Å². The van der Waals surface area contributed by atoms with Gasteiger partial charge in [0.05, 0.1) is 6.26 Å². The second kappa shape index (κ2) is 6.09. The van der Waals surface area contributed by atoms with Gasteiger partial charge in [-0.05, 0) is 25.5 Å². The van der Waals surface area contributed by atoms with Gasteiger partial charge >= 0.3 is 12.0 Å². The van der Waals surface area contributed by atoms with Crippen LogP contribution < -0.4 is 10.6 Å². The number of carboxylic acid groups (broad SMARTS) is 1. The molecule has 1 heterocycles. The van der Waals surface area contributed by atoms with E-state index >= 15 is 0 Å². The van der Waals surface area contributed by atoms with E-state index in [0.717, 1.165) is 12.8 Å². The summed E-state index contributed by atoms with van der Waals surface area (Å²) in [6.45, 7) is 3.90. The molecule has 2 amide bonds. The average Bonchev–Trinajstić information content (AvgIpc) is 2.82. The summed E-state index contributed by atoms with van der Waals surface area (Å²) in [4.78, 5) is 22.9. The van der Waals surface area contributed by atoms with E-state index in [9.17, 15) is 14.7 Å². The highest BCUT2D eigenvalue weighted by Gasteiger charge is 2.39. The summed E-state index contributed by atoms with van der Waals surface area (Å²) >= 11 is 0. The molecule has 0 aromatic carbocycles. The summed E-state index contributed by atoms with van der Waals surface area (Å²) in [5.41, 5.74) is -1.57. The van der Waals surface area contributed by atoms with Gasteiger partial charge in [-0.2, -0.15) is 0 Å². The van der Waals surface area contributed by atoms with E-state index < -0.39 is 17.5 Å². The third-order valence-corrected chi connectivity index (χ3v) is 2.62. The molecule has 0 aliphatic rings. The van der Waals surface area contributed by atoms with Gasteiger partial charge in [-0.1, -0.05) is 13.3 Å². The molecule has 6 nitrogen and oxygen atoms in total. The third-order valence-electron chi connectivity index (χ3n) is 2.62. The molecular formula is C12H18N2O4. The van der Waals surface area contributed by atoms with Crippen LogP contribution in [0.15, 0.2) is 22.8 Å². The van der Waals surface area contributed by atoms with E-state index in [-0.39, 0.29) is 5.76 Å². The Balaban J connectivity index is 2.70. The van der Waals surface area contributed by atoms with Crippen molar-refractivity contribution in [3.8, 4) is 0 Å². The summed E-state index contributed by atoms with van der Waals surface area (Å²) in [5.74, 6) is -0.997. The fourth-order valence-corrected chi connectivity index (χ4v) is 1.43. The van der Waals surface area contributed by atoms with Crippen molar-refractivity contribution in [3.63, 3.8) is 0 Å². The highest BCUT2D eigenvalue weighted by molar-refractivity contribution is 5.86. The summed E-state index contributed by atoms with van der Waals surface area (Å²) < 4.78 is 5.06. The van der Waals surface area contributed by atoms with Crippen molar-refractivity contribution in [3.05, 3.63) is 24.2 Å². The van der Waals surface area contributed by atoms with E-state index in [1.165, 1.54) is 19.3 Å². The Labute approximate surface area is 105 Å². The lowest BCUT2D eigenvalue weighted by molar-refractivity contribution is -0.144. The molecule has 1 unspecified atom stereocenters. The van der Waals surface area contributed by atoms with Crippen LogP contribution in [0.4, 0.5) is 4.79 Å². The van der Waals surface area contributed by atoms with Crippen molar-refractivity contribution in [1.29, 1.82) is 0 Å². The number of amides is 2. The summed E-state index contributed by atoms with van der Waals surface area (Å²) in [6.07, 6.45) is 3.17. The van der Waals surface area contributed by atoms with Crippen LogP contribution in [0, 0.1) is 0 Å². The molecule has 0 aliphatic heterocycles. The topological polar surface area (TPSA) is 91.6 Å². The number of furan rings is 1. The minimum absolute atomic E-state index is 0.181. The van der Waals surface area contributed by atoms with Gasteiger partial charge in [0.25, 0.3) is 0 Å². The van der Waals surface area contributed by atoms with E-state index in [1.54, 1.807) is 6.07 Å². The number of carboxylic acids is 1. The zero-order valence-electron chi connectivity index (χ0n) is 10.5. The van der Waals surface area contributed by atoms with Gasteiger partial charge in [-0.15, -0.1) is 0 Å². The Morgan fingerprint density at radius 1 is 1.50 bits per heavy atom. The zero-order valence-corrected chi connectivity index (χ0v) is 10.5. The molecule has 0 spiro atoms. The monoisotopic (exact) mass is 254 g/mol. The number of hydrogen-bond donors (Lipinski definition) is 3. The summed E-state index contributed by atoms with van der Waals surface area (Å²) in [7, 11) is 0. The quantitative estimate of drug-likeness (QED) is 0.673. The Hall–Kier alpha value is -1.98. The Bertz CT molecular complexity index is 402. The maximum absolute atomic E-state index is 11.6. The second-order valence-corrected chi connectivity index (χ2v) is 4.14. The molecular weight excluding hydrogens is 236 g/mol. The van der Waals surface area contributed by atoms with Gasteiger partial charge in [0, 0.05) is 6.54 Å². The maximum Gasteiger partial charge on any atom is 0.337 e. The standard InChI is InChI=1S/C12H18N2O4/c1-3-4-7-13-11(17)14-12(2,10(15)16)9-6-5-8-18-9/h5-6,8H,3-4,7H2,1-2H3,(H,15,16)(H2,13,14,17). The fourth-order valence-electron chi connectivity index (χ4n) is 1.43. The van der Waals surface area contributed by atoms with Crippen molar-refractivity contribution >= 4 is 12.0 Å². The van der Waals surface area contributed by atoms with Gasteiger partial charge in [0.15, 0.2) is 5.54 Å². The number of carbonyl (C=O) groups excluding carboxylic acids is 1. The lowest BCUT2D eigenvalue weighted by Crippen LogP contribution is -2.52. The van der Waals surface area contributed by atoms with Crippen LogP contribution in [-0.4, -0.2) is 23.7 Å². The smallest absolute Gasteiger partial charge is 0.337 e. The lowest BCUT2D eigenvalue weighted by atomic mass is 9.99. The molecule has 0 fully saturated rings. The molecule has 1 rings (SSSR count). The molecule has 1 aromatic heterocycles. The molecule has 0 saturated carbocycles. The molecule has 100 valence electrons. The van der Waals surface area contributed by atoms with E-state index in [2.05, 4.69) is 10.6 Å². The van der Waals surface area contributed by atoms with Crippen LogP contribution >= 0.6 is 0 Å². The first-order valence-electron chi connectivity index (χ1n) is 5.84. The molecule has 0 radical (unpaired) electrons. The first-order valence-corrected chi connectivity index (χ1v) is 5.84.